The van der Waals surface area contributed by atoms with Gasteiger partial charge in [0.15, 0.2) is 0 Å². The molecule has 1 heterocycles. The Morgan fingerprint density at radius 3 is 2.95 bits per heavy atom. The van der Waals surface area contributed by atoms with Crippen molar-refractivity contribution in [1.82, 2.24) is 4.98 Å². The molecule has 0 fully saturated rings. The van der Waals surface area contributed by atoms with Crippen LogP contribution in [0.15, 0.2) is 12.3 Å². The standard InChI is InChI=1S/C10H12ClN3O5/c1-19-3-2-7(10(15)16)13-9-8(14(17)18)4-6(11)5-12-9/h4-5,7H,2-3H2,1H3,(H,12,13)(H,15,16). The number of carbonyl (C=O) groups is 1. The fourth-order valence-electron chi connectivity index (χ4n) is 1.34. The molecule has 0 spiro atoms. The monoisotopic (exact) mass is 289 g/mol. The van der Waals surface area contributed by atoms with E-state index in [1.807, 2.05) is 0 Å². The van der Waals surface area contributed by atoms with Crippen LogP contribution in [-0.2, 0) is 9.53 Å². The molecule has 2 N–H and O–H groups in total. The highest BCUT2D eigenvalue weighted by atomic mass is 35.5. The molecule has 1 atom stereocenters. The number of anilines is 1. The second-order valence-corrected chi connectivity index (χ2v) is 4.03. The van der Waals surface area contributed by atoms with Crippen LogP contribution in [0.2, 0.25) is 5.02 Å². The van der Waals surface area contributed by atoms with Crippen LogP contribution >= 0.6 is 11.6 Å². The lowest BCUT2D eigenvalue weighted by Gasteiger charge is -2.14. The zero-order valence-electron chi connectivity index (χ0n) is 10.00. The second kappa shape index (κ2) is 6.86. The van der Waals surface area contributed by atoms with Gasteiger partial charge < -0.3 is 15.2 Å². The largest absolute Gasteiger partial charge is 0.480 e. The van der Waals surface area contributed by atoms with Crippen molar-refractivity contribution in [3.8, 4) is 0 Å². The number of hydrogen-bond donors (Lipinski definition) is 2. The average Bonchev–Trinajstić information content (AvgIpc) is 2.35. The number of hydrogen-bond acceptors (Lipinski definition) is 6. The molecule has 0 radical (unpaired) electrons. The van der Waals surface area contributed by atoms with Crippen molar-refractivity contribution >= 4 is 29.1 Å². The molecule has 1 rings (SSSR count). The molecule has 0 aliphatic rings. The van der Waals surface area contributed by atoms with Crippen molar-refractivity contribution in [3.63, 3.8) is 0 Å². The van der Waals surface area contributed by atoms with E-state index in [1.165, 1.54) is 13.3 Å². The summed E-state index contributed by atoms with van der Waals surface area (Å²) in [5.74, 6) is -1.29. The van der Waals surface area contributed by atoms with Crippen LogP contribution in [0.4, 0.5) is 11.5 Å². The summed E-state index contributed by atoms with van der Waals surface area (Å²) in [4.78, 5) is 24.9. The van der Waals surface area contributed by atoms with Crippen molar-refractivity contribution < 1.29 is 19.6 Å². The van der Waals surface area contributed by atoms with Crippen molar-refractivity contribution in [2.45, 2.75) is 12.5 Å². The highest BCUT2D eigenvalue weighted by molar-refractivity contribution is 6.30. The number of pyridine rings is 1. The number of carboxylic acid groups (broad SMARTS) is 1. The minimum atomic E-state index is -1.15. The summed E-state index contributed by atoms with van der Waals surface area (Å²) in [6.45, 7) is 0.200. The van der Waals surface area contributed by atoms with E-state index in [0.29, 0.717) is 0 Å². The highest BCUT2D eigenvalue weighted by Crippen LogP contribution is 2.25. The Kier molecular flexibility index (Phi) is 5.46. The molecule has 0 aliphatic carbocycles. The lowest BCUT2D eigenvalue weighted by molar-refractivity contribution is -0.384. The number of ether oxygens (including phenoxy) is 1. The Labute approximate surface area is 113 Å². The molecule has 0 saturated carbocycles. The van der Waals surface area contributed by atoms with Crippen LogP contribution in [0.3, 0.4) is 0 Å². The summed E-state index contributed by atoms with van der Waals surface area (Å²) in [7, 11) is 1.43. The van der Waals surface area contributed by atoms with E-state index in [1.54, 1.807) is 0 Å². The third-order valence-electron chi connectivity index (χ3n) is 2.25. The van der Waals surface area contributed by atoms with E-state index in [9.17, 15) is 14.9 Å². The number of aromatic nitrogens is 1. The zero-order valence-corrected chi connectivity index (χ0v) is 10.8. The fraction of sp³-hybridized carbons (Fsp3) is 0.400. The number of aliphatic carboxylic acids is 1. The number of rotatable bonds is 7. The quantitative estimate of drug-likeness (QED) is 0.578. The first-order chi connectivity index (χ1) is 8.95. The molecule has 0 bridgehead atoms. The molecular weight excluding hydrogens is 278 g/mol. The average molecular weight is 290 g/mol. The van der Waals surface area contributed by atoms with Gasteiger partial charge in [0.05, 0.1) is 9.95 Å². The lowest BCUT2D eigenvalue weighted by Crippen LogP contribution is -2.31. The summed E-state index contributed by atoms with van der Waals surface area (Å²) in [6.07, 6.45) is 1.35. The molecule has 0 aliphatic heterocycles. The van der Waals surface area contributed by atoms with Gasteiger partial charge in [-0.3, -0.25) is 10.1 Å². The number of methoxy groups -OCH3 is 1. The molecule has 0 saturated heterocycles. The van der Waals surface area contributed by atoms with Crippen LogP contribution < -0.4 is 5.32 Å². The predicted molar refractivity (Wildman–Crippen MR) is 67.4 cm³/mol. The van der Waals surface area contributed by atoms with Crippen molar-refractivity contribution in [1.29, 1.82) is 0 Å². The molecule has 1 aromatic rings. The summed E-state index contributed by atoms with van der Waals surface area (Å²) < 4.78 is 4.78. The molecule has 1 aromatic heterocycles. The third kappa shape index (κ3) is 4.34. The lowest BCUT2D eigenvalue weighted by atomic mass is 10.2. The SMILES string of the molecule is COCCC(Nc1ncc(Cl)cc1[N+](=O)[O-])C(=O)O. The van der Waals surface area contributed by atoms with Gasteiger partial charge in [0.2, 0.25) is 5.82 Å². The number of nitrogens with zero attached hydrogens (tertiary/aromatic N) is 2. The van der Waals surface area contributed by atoms with Gasteiger partial charge in [0, 0.05) is 32.4 Å². The van der Waals surface area contributed by atoms with E-state index in [2.05, 4.69) is 10.3 Å². The van der Waals surface area contributed by atoms with Gasteiger partial charge in [0.25, 0.3) is 0 Å². The number of nitro groups is 1. The van der Waals surface area contributed by atoms with Crippen LogP contribution in [0, 0.1) is 10.1 Å². The first-order valence-electron chi connectivity index (χ1n) is 5.24. The highest BCUT2D eigenvalue weighted by Gasteiger charge is 2.23. The van der Waals surface area contributed by atoms with Crippen molar-refractivity contribution in [3.05, 3.63) is 27.4 Å². The topological polar surface area (TPSA) is 115 Å². The Morgan fingerprint density at radius 1 is 1.74 bits per heavy atom. The smallest absolute Gasteiger partial charge is 0.326 e. The number of nitrogens with one attached hydrogen (secondary N) is 1. The van der Waals surface area contributed by atoms with Gasteiger partial charge in [-0.25, -0.2) is 9.78 Å². The summed E-state index contributed by atoms with van der Waals surface area (Å²) in [5.41, 5.74) is -0.379. The molecule has 19 heavy (non-hydrogen) atoms. The van der Waals surface area contributed by atoms with E-state index >= 15 is 0 Å². The number of carboxylic acids is 1. The maximum absolute atomic E-state index is 11.0. The molecular formula is C10H12ClN3O5. The Morgan fingerprint density at radius 2 is 2.42 bits per heavy atom. The summed E-state index contributed by atoms with van der Waals surface area (Å²) >= 11 is 5.61. The van der Waals surface area contributed by atoms with Crippen LogP contribution in [0.25, 0.3) is 0 Å². The summed E-state index contributed by atoms with van der Waals surface area (Å²) in [6, 6.07) is 0.0684. The number of halogens is 1. The van der Waals surface area contributed by atoms with E-state index in [0.717, 1.165) is 6.07 Å². The Bertz CT molecular complexity index is 482. The Balaban J connectivity index is 2.95. The van der Waals surface area contributed by atoms with Gasteiger partial charge in [-0.2, -0.15) is 0 Å². The van der Waals surface area contributed by atoms with Gasteiger partial charge in [-0.05, 0) is 0 Å². The third-order valence-corrected chi connectivity index (χ3v) is 2.46. The van der Waals surface area contributed by atoms with Crippen LogP contribution in [0.5, 0.6) is 0 Å². The van der Waals surface area contributed by atoms with Crippen molar-refractivity contribution in [2.24, 2.45) is 0 Å². The normalized spacial score (nSPS) is 11.9. The molecule has 1 unspecified atom stereocenters. The Hall–Kier alpha value is -1.93. The van der Waals surface area contributed by atoms with Gasteiger partial charge >= 0.3 is 11.7 Å². The minimum absolute atomic E-state index is 0.0982. The molecule has 9 heteroatoms. The van der Waals surface area contributed by atoms with E-state index in [4.69, 9.17) is 21.4 Å². The van der Waals surface area contributed by atoms with Crippen LogP contribution in [-0.4, -0.2) is 40.7 Å². The predicted octanol–water partition coefficient (Wildman–Crippen LogP) is 1.54. The molecule has 0 aromatic carbocycles. The van der Waals surface area contributed by atoms with Crippen molar-refractivity contribution in [2.75, 3.05) is 19.0 Å². The molecule has 104 valence electrons. The second-order valence-electron chi connectivity index (χ2n) is 3.60. The maximum atomic E-state index is 11.0. The first-order valence-corrected chi connectivity index (χ1v) is 5.61. The maximum Gasteiger partial charge on any atom is 0.326 e. The van der Waals surface area contributed by atoms with E-state index in [-0.39, 0.29) is 29.6 Å². The van der Waals surface area contributed by atoms with Gasteiger partial charge in [-0.15, -0.1) is 0 Å². The fourth-order valence-corrected chi connectivity index (χ4v) is 1.49. The van der Waals surface area contributed by atoms with Gasteiger partial charge in [0.1, 0.15) is 6.04 Å². The first kappa shape index (κ1) is 15.1. The molecule has 8 nitrogen and oxygen atoms in total. The van der Waals surface area contributed by atoms with E-state index < -0.39 is 16.9 Å². The van der Waals surface area contributed by atoms with Crippen LogP contribution in [0.1, 0.15) is 6.42 Å². The summed E-state index contributed by atoms with van der Waals surface area (Å²) in [5, 5.41) is 22.4. The minimum Gasteiger partial charge on any atom is -0.480 e. The zero-order chi connectivity index (χ0) is 14.4. The molecule has 0 amide bonds. The van der Waals surface area contributed by atoms with Gasteiger partial charge in [-0.1, -0.05) is 11.6 Å².